The Bertz CT molecular complexity index is 1550. The lowest BCUT2D eigenvalue weighted by Crippen LogP contribution is -2.40. The van der Waals surface area contributed by atoms with E-state index >= 15 is 0 Å². The molecule has 0 saturated heterocycles. The summed E-state index contributed by atoms with van der Waals surface area (Å²) in [4.78, 5) is 28.8. The molecule has 7 nitrogen and oxygen atoms in total. The minimum atomic E-state index is -0.435. The van der Waals surface area contributed by atoms with Crippen molar-refractivity contribution in [2.24, 2.45) is 14.1 Å². The molecule has 35 heavy (non-hydrogen) atoms. The van der Waals surface area contributed by atoms with Crippen LogP contribution in [0.15, 0.2) is 58.1 Å². The van der Waals surface area contributed by atoms with E-state index in [1.165, 1.54) is 4.57 Å². The molecule has 0 fully saturated rings. The van der Waals surface area contributed by atoms with E-state index in [1.807, 2.05) is 33.2 Å². The molecule has 0 radical (unpaired) electrons. The number of anilines is 1. The van der Waals surface area contributed by atoms with Crippen LogP contribution in [0.2, 0.25) is 0 Å². The average molecular weight is 473 g/mol. The number of ether oxygens (including phenoxy) is 1. The number of nitrogens with zero attached hydrogens (tertiary/aromatic N) is 4. The van der Waals surface area contributed by atoms with Crippen LogP contribution >= 0.6 is 0 Å². The number of rotatable bonds is 3. The highest BCUT2D eigenvalue weighted by molar-refractivity contribution is 5.96. The maximum Gasteiger partial charge on any atom is 0.331 e. The summed E-state index contributed by atoms with van der Waals surface area (Å²) in [7, 11) is 7.29. The van der Waals surface area contributed by atoms with Gasteiger partial charge >= 0.3 is 5.69 Å². The first-order valence-electron chi connectivity index (χ1n) is 11.8. The van der Waals surface area contributed by atoms with Crippen LogP contribution in [0.25, 0.3) is 22.2 Å². The van der Waals surface area contributed by atoms with Crippen molar-refractivity contribution >= 4 is 16.6 Å². The molecular formula is C28H32N4O3. The van der Waals surface area contributed by atoms with E-state index < -0.39 is 11.6 Å². The van der Waals surface area contributed by atoms with Gasteiger partial charge in [-0.2, -0.15) is 0 Å². The van der Waals surface area contributed by atoms with Crippen molar-refractivity contribution in [2.45, 2.75) is 32.4 Å². The molecule has 1 unspecified atom stereocenters. The average Bonchev–Trinajstić information content (AvgIpc) is 3.20. The summed E-state index contributed by atoms with van der Waals surface area (Å²) >= 11 is 0. The predicted molar refractivity (Wildman–Crippen MR) is 140 cm³/mol. The lowest BCUT2D eigenvalue weighted by molar-refractivity contribution is -0.00706. The lowest BCUT2D eigenvalue weighted by Gasteiger charge is -2.39. The molecule has 1 aliphatic rings. The number of hydrogen-bond donors (Lipinski definition) is 0. The largest absolute Gasteiger partial charge is 0.378 e. The topological polar surface area (TPSA) is 61.4 Å². The molecule has 2 aromatic heterocycles. The molecule has 5 rings (SSSR count). The minimum Gasteiger partial charge on any atom is -0.378 e. The monoisotopic (exact) mass is 472 g/mol. The second-order valence-corrected chi connectivity index (χ2v) is 10.4. The summed E-state index contributed by atoms with van der Waals surface area (Å²) < 4.78 is 11.5. The SMILES string of the molecule is Cc1ccc(-c2c3c(=O)n(C)c(=O)n(C)c3c3n2C(C)(C)COC3c2ccc(N(C)C)cc2)cc1. The summed E-state index contributed by atoms with van der Waals surface area (Å²) in [5.41, 5.74) is 5.37. The zero-order chi connectivity index (χ0) is 25.2. The Kier molecular flexibility index (Phi) is 5.29. The van der Waals surface area contributed by atoms with Crippen molar-refractivity contribution in [3.8, 4) is 11.3 Å². The van der Waals surface area contributed by atoms with E-state index in [9.17, 15) is 9.59 Å². The van der Waals surface area contributed by atoms with Crippen molar-refractivity contribution in [3.05, 3.63) is 86.2 Å². The second kappa shape index (κ2) is 7.99. The third kappa shape index (κ3) is 3.45. The van der Waals surface area contributed by atoms with Crippen LogP contribution < -0.4 is 16.1 Å². The Balaban J connectivity index is 1.93. The standard InChI is InChI=1S/C28H32N4O3/c1-17-8-10-18(11-9-17)22-21-23(30(6)27(34)31(7)26(21)33)24-25(35-16-28(2,3)32(22)24)19-12-14-20(15-13-19)29(4)5/h8-15,25H,16H2,1-7H3. The molecule has 2 aromatic carbocycles. The molecule has 0 N–H and O–H groups in total. The van der Waals surface area contributed by atoms with Crippen molar-refractivity contribution in [3.63, 3.8) is 0 Å². The maximum absolute atomic E-state index is 13.6. The summed E-state index contributed by atoms with van der Waals surface area (Å²) in [5.74, 6) is 0. The van der Waals surface area contributed by atoms with Crippen LogP contribution in [0.3, 0.4) is 0 Å². The minimum absolute atomic E-state index is 0.293. The molecular weight excluding hydrogens is 440 g/mol. The number of fused-ring (bicyclic) bond motifs is 3. The van der Waals surface area contributed by atoms with Gasteiger partial charge in [0.1, 0.15) is 6.10 Å². The smallest absolute Gasteiger partial charge is 0.331 e. The van der Waals surface area contributed by atoms with E-state index in [2.05, 4.69) is 59.7 Å². The van der Waals surface area contributed by atoms with Gasteiger partial charge in [0.2, 0.25) is 0 Å². The highest BCUT2D eigenvalue weighted by Crippen LogP contribution is 2.45. The first kappa shape index (κ1) is 23.2. The van der Waals surface area contributed by atoms with Crippen molar-refractivity contribution in [1.29, 1.82) is 0 Å². The fraction of sp³-hybridized carbons (Fsp3) is 0.357. The molecule has 0 spiro atoms. The maximum atomic E-state index is 13.6. The summed E-state index contributed by atoms with van der Waals surface area (Å²) in [6.07, 6.45) is -0.418. The van der Waals surface area contributed by atoms with Crippen LogP contribution in [-0.4, -0.2) is 34.4 Å². The quantitative estimate of drug-likeness (QED) is 0.453. The molecule has 0 amide bonds. The molecule has 4 aromatic rings. The highest BCUT2D eigenvalue weighted by atomic mass is 16.5. The normalized spacial score (nSPS) is 16.9. The molecule has 0 aliphatic carbocycles. The van der Waals surface area contributed by atoms with Gasteiger partial charge in [-0.1, -0.05) is 42.0 Å². The third-order valence-electron chi connectivity index (χ3n) is 7.10. The number of aryl methyl sites for hydroxylation is 2. The number of aromatic nitrogens is 3. The zero-order valence-electron chi connectivity index (χ0n) is 21.4. The summed E-state index contributed by atoms with van der Waals surface area (Å²) in [6.45, 7) is 6.74. The van der Waals surface area contributed by atoms with E-state index in [0.29, 0.717) is 17.5 Å². The van der Waals surface area contributed by atoms with Gasteiger partial charge in [0.05, 0.1) is 34.4 Å². The molecule has 1 aliphatic heterocycles. The van der Waals surface area contributed by atoms with Crippen molar-refractivity contribution in [2.75, 3.05) is 25.6 Å². The van der Waals surface area contributed by atoms with Crippen LogP contribution in [-0.2, 0) is 24.4 Å². The van der Waals surface area contributed by atoms with Crippen LogP contribution in [0.4, 0.5) is 5.69 Å². The summed E-state index contributed by atoms with van der Waals surface area (Å²) in [5, 5.41) is 0.543. The molecule has 0 bridgehead atoms. The Labute approximate surface area is 204 Å². The fourth-order valence-corrected chi connectivity index (χ4v) is 5.18. The highest BCUT2D eigenvalue weighted by Gasteiger charge is 2.40. The van der Waals surface area contributed by atoms with Gasteiger partial charge in [0, 0.05) is 33.9 Å². The number of benzene rings is 2. The van der Waals surface area contributed by atoms with Crippen LogP contribution in [0, 0.1) is 6.92 Å². The Morgan fingerprint density at radius 3 is 2.17 bits per heavy atom. The predicted octanol–water partition coefficient (Wildman–Crippen LogP) is 3.93. The third-order valence-corrected chi connectivity index (χ3v) is 7.10. The van der Waals surface area contributed by atoms with E-state index in [4.69, 9.17) is 4.74 Å². The molecule has 0 saturated carbocycles. The first-order chi connectivity index (χ1) is 16.5. The van der Waals surface area contributed by atoms with Gasteiger partial charge < -0.3 is 14.2 Å². The Morgan fingerprint density at radius 2 is 1.57 bits per heavy atom. The van der Waals surface area contributed by atoms with Crippen molar-refractivity contribution < 1.29 is 4.74 Å². The molecule has 1 atom stereocenters. The fourth-order valence-electron chi connectivity index (χ4n) is 5.18. The zero-order valence-corrected chi connectivity index (χ0v) is 21.4. The van der Waals surface area contributed by atoms with Gasteiger partial charge in [-0.05, 0) is 44.0 Å². The van der Waals surface area contributed by atoms with E-state index in [-0.39, 0.29) is 11.2 Å². The Hall–Kier alpha value is -3.58. The van der Waals surface area contributed by atoms with E-state index in [1.54, 1.807) is 18.7 Å². The summed E-state index contributed by atoms with van der Waals surface area (Å²) in [6, 6.07) is 16.5. The Morgan fingerprint density at radius 1 is 0.943 bits per heavy atom. The number of hydrogen-bond acceptors (Lipinski definition) is 4. The first-order valence-corrected chi connectivity index (χ1v) is 11.8. The second-order valence-electron chi connectivity index (χ2n) is 10.4. The van der Waals surface area contributed by atoms with Crippen LogP contribution in [0.5, 0.6) is 0 Å². The molecule has 3 heterocycles. The van der Waals surface area contributed by atoms with Crippen molar-refractivity contribution in [1.82, 2.24) is 13.7 Å². The van der Waals surface area contributed by atoms with Gasteiger partial charge in [-0.25, -0.2) is 4.79 Å². The van der Waals surface area contributed by atoms with E-state index in [0.717, 1.165) is 33.8 Å². The molecule has 7 heteroatoms. The van der Waals surface area contributed by atoms with Gasteiger partial charge in [-0.3, -0.25) is 13.9 Å². The van der Waals surface area contributed by atoms with Gasteiger partial charge in [0.15, 0.2) is 0 Å². The van der Waals surface area contributed by atoms with Gasteiger partial charge in [-0.15, -0.1) is 0 Å². The van der Waals surface area contributed by atoms with Crippen LogP contribution in [0.1, 0.15) is 36.8 Å². The molecule has 182 valence electrons. The lowest BCUT2D eigenvalue weighted by atomic mass is 9.97. The van der Waals surface area contributed by atoms with Gasteiger partial charge in [0.25, 0.3) is 5.56 Å².